The monoisotopic (exact) mass is 266 g/mol. The van der Waals surface area contributed by atoms with Gasteiger partial charge < -0.3 is 10.4 Å². The van der Waals surface area contributed by atoms with Crippen molar-refractivity contribution in [3.63, 3.8) is 0 Å². The summed E-state index contributed by atoms with van der Waals surface area (Å²) in [6, 6.07) is 0. The average Bonchev–Trinajstić information content (AvgIpc) is 3.19. The van der Waals surface area contributed by atoms with Gasteiger partial charge in [-0.1, -0.05) is 0 Å². The molecule has 2 saturated carbocycles. The van der Waals surface area contributed by atoms with Crippen molar-refractivity contribution in [2.45, 2.75) is 32.6 Å². The van der Waals surface area contributed by atoms with E-state index in [-0.39, 0.29) is 0 Å². The van der Waals surface area contributed by atoms with Crippen LogP contribution in [0, 0.1) is 24.7 Å². The number of carbonyl (C=O) groups is 1. The van der Waals surface area contributed by atoms with E-state index < -0.39 is 5.97 Å². The first-order valence-corrected chi connectivity index (χ1v) is 7.37. The number of hydrogen-bond acceptors (Lipinski definition) is 4. The molecule has 3 rings (SSSR count). The van der Waals surface area contributed by atoms with Gasteiger partial charge in [-0.15, -0.1) is 0 Å². The van der Waals surface area contributed by atoms with Gasteiger partial charge in [-0.05, 0) is 61.9 Å². The molecule has 0 atom stereocenters. The molecule has 0 aromatic carbocycles. The third-order valence-corrected chi connectivity index (χ3v) is 4.93. The van der Waals surface area contributed by atoms with Crippen LogP contribution in [-0.4, -0.2) is 22.0 Å². The van der Waals surface area contributed by atoms with Crippen molar-refractivity contribution < 1.29 is 9.90 Å². The first-order chi connectivity index (χ1) is 8.66. The molecule has 4 nitrogen and oxygen atoms in total. The summed E-state index contributed by atoms with van der Waals surface area (Å²) < 4.78 is 4.14. The molecular weight excluding hydrogens is 248 g/mol. The number of rotatable bonds is 6. The summed E-state index contributed by atoms with van der Waals surface area (Å²) in [5.41, 5.74) is 0.967. The normalized spacial score (nSPS) is 19.2. The fourth-order valence-corrected chi connectivity index (χ4v) is 3.51. The van der Waals surface area contributed by atoms with Crippen LogP contribution in [0.4, 0.5) is 5.00 Å². The molecule has 0 bridgehead atoms. The quantitative estimate of drug-likeness (QED) is 0.831. The smallest absolute Gasteiger partial charge is 0.340 e. The molecule has 5 heteroatoms. The third-order valence-electron chi connectivity index (χ3n) is 4.03. The molecule has 2 fully saturated rings. The molecule has 1 heterocycles. The van der Waals surface area contributed by atoms with Gasteiger partial charge in [-0.2, -0.15) is 4.37 Å². The fourth-order valence-electron chi connectivity index (χ4n) is 2.72. The Morgan fingerprint density at radius 1 is 1.44 bits per heavy atom. The first kappa shape index (κ1) is 12.0. The predicted molar refractivity (Wildman–Crippen MR) is 71.2 cm³/mol. The summed E-state index contributed by atoms with van der Waals surface area (Å²) in [6.45, 7) is 2.67. The highest BCUT2D eigenvalue weighted by molar-refractivity contribution is 7.10. The second kappa shape index (κ2) is 4.53. The third kappa shape index (κ3) is 2.36. The molecule has 0 aliphatic heterocycles. The summed E-state index contributed by atoms with van der Waals surface area (Å²) in [4.78, 5) is 11.2. The minimum absolute atomic E-state index is 0.352. The van der Waals surface area contributed by atoms with Gasteiger partial charge in [-0.3, -0.25) is 0 Å². The number of nitrogens with one attached hydrogen (secondary N) is 1. The number of aromatic nitrogens is 1. The maximum absolute atomic E-state index is 11.2. The largest absolute Gasteiger partial charge is 0.478 e. The SMILES string of the molecule is Cc1nsc(NCC(C2CC2)C2CC2)c1C(=O)O. The Balaban J connectivity index is 1.66. The van der Waals surface area contributed by atoms with Crippen LogP contribution in [-0.2, 0) is 0 Å². The Kier molecular flexibility index (Phi) is 3.01. The van der Waals surface area contributed by atoms with Crippen LogP contribution in [0.15, 0.2) is 0 Å². The van der Waals surface area contributed by atoms with Crippen LogP contribution in [0.3, 0.4) is 0 Å². The molecular formula is C13H18N2O2S. The van der Waals surface area contributed by atoms with Crippen LogP contribution in [0.2, 0.25) is 0 Å². The number of hydrogen-bond donors (Lipinski definition) is 2. The van der Waals surface area contributed by atoms with E-state index >= 15 is 0 Å². The Morgan fingerprint density at radius 2 is 2.06 bits per heavy atom. The van der Waals surface area contributed by atoms with E-state index in [1.165, 1.54) is 37.2 Å². The molecule has 0 saturated heterocycles. The van der Waals surface area contributed by atoms with Gasteiger partial charge in [0.15, 0.2) is 0 Å². The Hall–Kier alpha value is -1.10. The van der Waals surface area contributed by atoms with Gasteiger partial charge in [0.1, 0.15) is 10.6 Å². The standard InChI is InChI=1S/C13H18N2O2S/c1-7-11(13(16)17)12(18-15-7)14-6-10(8-2-3-8)9-4-5-9/h8-10,14H,2-6H2,1H3,(H,16,17). The first-order valence-electron chi connectivity index (χ1n) is 6.60. The molecule has 18 heavy (non-hydrogen) atoms. The molecule has 2 aliphatic rings. The molecule has 0 unspecified atom stereocenters. The van der Waals surface area contributed by atoms with Crippen LogP contribution in [0.5, 0.6) is 0 Å². The molecule has 0 spiro atoms. The summed E-state index contributed by atoms with van der Waals surface area (Å²) in [7, 11) is 0. The zero-order chi connectivity index (χ0) is 12.7. The van der Waals surface area contributed by atoms with Crippen molar-refractivity contribution >= 4 is 22.5 Å². The summed E-state index contributed by atoms with van der Waals surface area (Å²) >= 11 is 1.27. The molecule has 1 aromatic heterocycles. The van der Waals surface area contributed by atoms with Gasteiger partial charge >= 0.3 is 5.97 Å². The zero-order valence-electron chi connectivity index (χ0n) is 10.5. The number of nitrogens with zero attached hydrogens (tertiary/aromatic N) is 1. The summed E-state index contributed by atoms with van der Waals surface area (Å²) in [6.07, 6.45) is 5.43. The lowest BCUT2D eigenvalue weighted by Crippen LogP contribution is -2.18. The van der Waals surface area contributed by atoms with E-state index in [0.717, 1.165) is 29.3 Å². The lowest BCUT2D eigenvalue weighted by molar-refractivity contribution is 0.0697. The number of carboxylic acids is 1. The number of aryl methyl sites for hydroxylation is 1. The van der Waals surface area contributed by atoms with Gasteiger partial charge in [0, 0.05) is 6.54 Å². The van der Waals surface area contributed by atoms with Crippen LogP contribution < -0.4 is 5.32 Å². The van der Waals surface area contributed by atoms with Crippen molar-refractivity contribution in [3.8, 4) is 0 Å². The van der Waals surface area contributed by atoms with Crippen molar-refractivity contribution in [1.82, 2.24) is 4.37 Å². The maximum atomic E-state index is 11.2. The molecule has 2 aliphatic carbocycles. The highest BCUT2D eigenvalue weighted by atomic mass is 32.1. The fraction of sp³-hybridized carbons (Fsp3) is 0.692. The highest BCUT2D eigenvalue weighted by Gasteiger charge is 2.41. The zero-order valence-corrected chi connectivity index (χ0v) is 11.3. The number of anilines is 1. The van der Waals surface area contributed by atoms with Crippen LogP contribution in [0.1, 0.15) is 41.7 Å². The van der Waals surface area contributed by atoms with E-state index in [2.05, 4.69) is 9.69 Å². The van der Waals surface area contributed by atoms with Crippen molar-refractivity contribution in [1.29, 1.82) is 0 Å². The van der Waals surface area contributed by atoms with Gasteiger partial charge in [0.2, 0.25) is 0 Å². The van der Waals surface area contributed by atoms with Crippen LogP contribution in [0.25, 0.3) is 0 Å². The minimum Gasteiger partial charge on any atom is -0.478 e. The van der Waals surface area contributed by atoms with E-state index in [1.54, 1.807) is 6.92 Å². The number of carboxylic acid groups (broad SMARTS) is 1. The second-order valence-corrected chi connectivity index (χ2v) is 6.27. The molecule has 98 valence electrons. The van der Waals surface area contributed by atoms with Crippen molar-refractivity contribution in [2.24, 2.45) is 17.8 Å². The average molecular weight is 266 g/mol. The lowest BCUT2D eigenvalue weighted by Gasteiger charge is -2.16. The highest BCUT2D eigenvalue weighted by Crippen LogP contribution is 2.49. The summed E-state index contributed by atoms with van der Waals surface area (Å²) in [5, 5.41) is 13.2. The minimum atomic E-state index is -0.877. The van der Waals surface area contributed by atoms with Gasteiger partial charge in [0.25, 0.3) is 0 Å². The number of aromatic carboxylic acids is 1. The Labute approximate surface area is 111 Å². The lowest BCUT2D eigenvalue weighted by atomic mass is 9.98. The van der Waals surface area contributed by atoms with Crippen LogP contribution >= 0.6 is 11.5 Å². The van der Waals surface area contributed by atoms with E-state index in [9.17, 15) is 9.90 Å². The molecule has 1 aromatic rings. The second-order valence-electron chi connectivity index (χ2n) is 5.50. The van der Waals surface area contributed by atoms with E-state index in [1.807, 2.05) is 0 Å². The molecule has 0 amide bonds. The van der Waals surface area contributed by atoms with Gasteiger partial charge in [0.05, 0.1) is 5.69 Å². The van der Waals surface area contributed by atoms with E-state index in [4.69, 9.17) is 0 Å². The van der Waals surface area contributed by atoms with Crippen molar-refractivity contribution in [3.05, 3.63) is 11.3 Å². The van der Waals surface area contributed by atoms with Crippen molar-refractivity contribution in [2.75, 3.05) is 11.9 Å². The van der Waals surface area contributed by atoms with E-state index in [0.29, 0.717) is 11.3 Å². The Morgan fingerprint density at radius 3 is 2.56 bits per heavy atom. The molecule has 2 N–H and O–H groups in total. The molecule has 0 radical (unpaired) electrons. The maximum Gasteiger partial charge on any atom is 0.340 e. The predicted octanol–water partition coefficient (Wildman–Crippen LogP) is 3.00. The van der Waals surface area contributed by atoms with Gasteiger partial charge in [-0.25, -0.2) is 4.79 Å². The Bertz CT molecular complexity index is 452. The topological polar surface area (TPSA) is 62.2 Å². The summed E-state index contributed by atoms with van der Waals surface area (Å²) in [5.74, 6) is 1.63.